The third-order valence-electron chi connectivity index (χ3n) is 4.14. The van der Waals surface area contributed by atoms with Gasteiger partial charge in [0.15, 0.2) is 0 Å². The lowest BCUT2D eigenvalue weighted by Crippen LogP contribution is -2.16. The van der Waals surface area contributed by atoms with E-state index in [-0.39, 0.29) is 5.75 Å². The fourth-order valence-corrected chi connectivity index (χ4v) is 3.91. The quantitative estimate of drug-likeness (QED) is 0.546. The van der Waals surface area contributed by atoms with Crippen LogP contribution in [-0.2, 0) is 6.54 Å². The number of phenols is 1. The van der Waals surface area contributed by atoms with Gasteiger partial charge in [0.1, 0.15) is 5.75 Å². The molecule has 4 nitrogen and oxygen atoms in total. The van der Waals surface area contributed by atoms with E-state index in [0.717, 1.165) is 32.0 Å². The second-order valence-electron chi connectivity index (χ2n) is 6.07. The van der Waals surface area contributed by atoms with Crippen molar-refractivity contribution in [2.24, 2.45) is 0 Å². The molecule has 0 fully saturated rings. The van der Waals surface area contributed by atoms with Gasteiger partial charge < -0.3 is 15.4 Å². The van der Waals surface area contributed by atoms with Crippen LogP contribution in [0.2, 0.25) is 0 Å². The number of phenolic OH excluding ortho intramolecular Hbond substituents is 1. The van der Waals surface area contributed by atoms with Gasteiger partial charge >= 0.3 is 0 Å². The minimum atomic E-state index is 0.286. The predicted molar refractivity (Wildman–Crippen MR) is 102 cm³/mol. The van der Waals surface area contributed by atoms with Crippen molar-refractivity contribution in [1.29, 1.82) is 5.41 Å². The van der Waals surface area contributed by atoms with Crippen molar-refractivity contribution in [3.05, 3.63) is 71.6 Å². The van der Waals surface area contributed by atoms with Crippen LogP contribution in [0.1, 0.15) is 5.56 Å². The van der Waals surface area contributed by atoms with Crippen molar-refractivity contribution in [1.82, 2.24) is 4.98 Å². The summed E-state index contributed by atoms with van der Waals surface area (Å²) < 4.78 is 1.10. The molecule has 1 heterocycles. The molecule has 2 aromatic rings. The molecule has 5 heteroatoms. The molecule has 0 spiro atoms. The monoisotopic (exact) mass is 347 g/mol. The Bertz CT molecular complexity index is 1090. The molecule has 2 aromatic carbocycles. The van der Waals surface area contributed by atoms with Crippen LogP contribution in [0.15, 0.2) is 60.7 Å². The highest BCUT2D eigenvalue weighted by atomic mass is 32.1. The molecule has 25 heavy (non-hydrogen) atoms. The largest absolute Gasteiger partial charge is 0.508 e. The molecule has 2 aliphatic rings. The number of fused-ring (bicyclic) bond motifs is 2. The van der Waals surface area contributed by atoms with Gasteiger partial charge in [0.2, 0.25) is 0 Å². The lowest BCUT2D eigenvalue weighted by Gasteiger charge is -2.20. The summed E-state index contributed by atoms with van der Waals surface area (Å²) in [7, 11) is 2.03. The summed E-state index contributed by atoms with van der Waals surface area (Å²) in [5.41, 5.74) is 4.04. The maximum atomic E-state index is 9.62. The maximum Gasteiger partial charge on any atom is 0.115 e. The molecule has 1 aliphatic carbocycles. The van der Waals surface area contributed by atoms with Crippen molar-refractivity contribution < 1.29 is 5.11 Å². The maximum absolute atomic E-state index is 9.62. The summed E-state index contributed by atoms with van der Waals surface area (Å²) in [6, 6.07) is 19.1. The highest BCUT2D eigenvalue weighted by Crippen LogP contribution is 2.32. The SMILES string of the molecule is CN(Cc1cccc(O)c1)c1ccc2nc3ccc(=N)cc-3sc2c1. The zero-order valence-electron chi connectivity index (χ0n) is 13.7. The van der Waals surface area contributed by atoms with E-state index >= 15 is 0 Å². The van der Waals surface area contributed by atoms with Crippen LogP contribution in [0.25, 0.3) is 20.8 Å². The minimum absolute atomic E-state index is 0.286. The van der Waals surface area contributed by atoms with Gasteiger partial charge in [-0.15, -0.1) is 11.3 Å². The Morgan fingerprint density at radius 3 is 2.80 bits per heavy atom. The Balaban J connectivity index is 1.71. The Hall–Kier alpha value is -2.92. The summed E-state index contributed by atoms with van der Waals surface area (Å²) in [5, 5.41) is 17.9. The normalized spacial score (nSPS) is 11.1. The van der Waals surface area contributed by atoms with Gasteiger partial charge in [-0.2, -0.15) is 0 Å². The van der Waals surface area contributed by atoms with Crippen molar-refractivity contribution in [3.8, 4) is 16.3 Å². The van der Waals surface area contributed by atoms with E-state index in [1.807, 2.05) is 37.4 Å². The van der Waals surface area contributed by atoms with Crippen molar-refractivity contribution >= 4 is 27.2 Å². The molecule has 0 saturated carbocycles. The van der Waals surface area contributed by atoms with Crippen LogP contribution >= 0.6 is 11.3 Å². The third-order valence-corrected chi connectivity index (χ3v) is 5.23. The molecule has 2 N–H and O–H groups in total. The number of aromatic hydroxyl groups is 1. The van der Waals surface area contributed by atoms with E-state index in [1.54, 1.807) is 29.5 Å². The van der Waals surface area contributed by atoms with E-state index in [0.29, 0.717) is 11.9 Å². The van der Waals surface area contributed by atoms with Gasteiger partial charge in [-0.05, 0) is 54.1 Å². The average Bonchev–Trinajstić information content (AvgIpc) is 2.59. The molecule has 0 aromatic heterocycles. The molecule has 0 bridgehead atoms. The van der Waals surface area contributed by atoms with Gasteiger partial charge in [-0.1, -0.05) is 12.1 Å². The molecule has 1 aliphatic heterocycles. The molecule has 124 valence electrons. The average molecular weight is 347 g/mol. The number of aromatic nitrogens is 1. The van der Waals surface area contributed by atoms with E-state index in [2.05, 4.69) is 17.0 Å². The number of hydrogen-bond acceptors (Lipinski definition) is 5. The first-order valence-electron chi connectivity index (χ1n) is 7.97. The Morgan fingerprint density at radius 1 is 1.08 bits per heavy atom. The summed E-state index contributed by atoms with van der Waals surface area (Å²) in [6.45, 7) is 0.711. The van der Waals surface area contributed by atoms with Gasteiger partial charge in [0, 0.05) is 19.3 Å². The zero-order chi connectivity index (χ0) is 17.4. The van der Waals surface area contributed by atoms with Gasteiger partial charge in [-0.25, -0.2) is 4.98 Å². The van der Waals surface area contributed by atoms with Crippen LogP contribution in [0.4, 0.5) is 5.69 Å². The smallest absolute Gasteiger partial charge is 0.115 e. The standard InChI is InChI=1S/C20H17N3OS/c1-23(12-13-3-2-4-16(24)9-13)15-6-8-18-20(11-15)25-19-10-14(21)5-7-17(19)22-18/h2-11,21,24H,12H2,1H3. The summed E-state index contributed by atoms with van der Waals surface area (Å²) in [6.07, 6.45) is 0. The second-order valence-corrected chi connectivity index (χ2v) is 7.16. The lowest BCUT2D eigenvalue weighted by atomic mass is 10.2. The molecule has 0 amide bonds. The number of anilines is 1. The number of nitrogens with zero attached hydrogens (tertiary/aromatic N) is 2. The minimum Gasteiger partial charge on any atom is -0.508 e. The highest BCUT2D eigenvalue weighted by molar-refractivity contribution is 7.21. The summed E-state index contributed by atoms with van der Waals surface area (Å²) >= 11 is 1.66. The molecule has 0 radical (unpaired) electrons. The number of nitrogens with one attached hydrogen (secondary N) is 1. The van der Waals surface area contributed by atoms with Crippen LogP contribution < -0.4 is 10.3 Å². The van der Waals surface area contributed by atoms with Crippen molar-refractivity contribution in [2.75, 3.05) is 11.9 Å². The predicted octanol–water partition coefficient (Wildman–Crippen LogP) is 4.22. The number of hydrogen-bond donors (Lipinski definition) is 2. The fraction of sp³-hybridized carbons (Fsp3) is 0.100. The first kappa shape index (κ1) is 15.6. The highest BCUT2D eigenvalue weighted by Gasteiger charge is 2.09. The molecule has 0 atom stereocenters. The van der Waals surface area contributed by atoms with Crippen molar-refractivity contribution in [2.45, 2.75) is 6.54 Å². The molecular formula is C20H17N3OS. The lowest BCUT2D eigenvalue weighted by molar-refractivity contribution is 0.474. The van der Waals surface area contributed by atoms with E-state index in [1.165, 1.54) is 0 Å². The first-order chi connectivity index (χ1) is 12.1. The van der Waals surface area contributed by atoms with Gasteiger partial charge in [0.25, 0.3) is 0 Å². The fourth-order valence-electron chi connectivity index (χ4n) is 2.87. The Kier molecular flexibility index (Phi) is 3.86. The van der Waals surface area contributed by atoms with Crippen LogP contribution in [0, 0.1) is 5.41 Å². The Morgan fingerprint density at radius 2 is 1.96 bits per heavy atom. The Labute approximate surface area is 149 Å². The van der Waals surface area contributed by atoms with Crippen LogP contribution in [0.5, 0.6) is 5.75 Å². The molecule has 0 unspecified atom stereocenters. The van der Waals surface area contributed by atoms with E-state index in [9.17, 15) is 5.11 Å². The topological polar surface area (TPSA) is 60.2 Å². The van der Waals surface area contributed by atoms with Crippen molar-refractivity contribution in [3.63, 3.8) is 0 Å². The molecule has 4 rings (SSSR count). The van der Waals surface area contributed by atoms with Crippen LogP contribution in [-0.4, -0.2) is 17.1 Å². The number of benzene rings is 3. The number of rotatable bonds is 3. The van der Waals surface area contributed by atoms with Crippen LogP contribution in [0.3, 0.4) is 0 Å². The third kappa shape index (κ3) is 3.19. The van der Waals surface area contributed by atoms with E-state index < -0.39 is 0 Å². The summed E-state index contributed by atoms with van der Waals surface area (Å²) in [4.78, 5) is 7.86. The van der Waals surface area contributed by atoms with Gasteiger partial charge in [0.05, 0.1) is 26.1 Å². The first-order valence-corrected chi connectivity index (χ1v) is 8.78. The summed E-state index contributed by atoms with van der Waals surface area (Å²) in [5.74, 6) is 0.286. The molecule has 0 saturated heterocycles. The molecular weight excluding hydrogens is 330 g/mol. The second kappa shape index (κ2) is 6.18. The zero-order valence-corrected chi connectivity index (χ0v) is 14.5. The van der Waals surface area contributed by atoms with Gasteiger partial charge in [-0.3, -0.25) is 0 Å². The van der Waals surface area contributed by atoms with E-state index in [4.69, 9.17) is 10.4 Å².